The predicted molar refractivity (Wildman–Crippen MR) is 99.2 cm³/mol. The summed E-state index contributed by atoms with van der Waals surface area (Å²) in [6, 6.07) is 13.7. The number of aromatic nitrogens is 4. The molecule has 0 spiro atoms. The highest BCUT2D eigenvalue weighted by Gasteiger charge is 2.12. The Balaban J connectivity index is 1.67. The Labute approximate surface area is 150 Å². The van der Waals surface area contributed by atoms with E-state index >= 15 is 0 Å². The van der Waals surface area contributed by atoms with Crippen molar-refractivity contribution in [1.82, 2.24) is 20.2 Å². The molecule has 0 bridgehead atoms. The standard InChI is InChI=1S/C18H19N5OS/c1-12-5-4-6-15(9-12)19-17(24)11-25-18-20-21-22-23(18)16-8-7-13(2)14(3)10-16/h4-10H,11H2,1-3H3,(H,19,24). The van der Waals surface area contributed by atoms with Crippen molar-refractivity contribution < 1.29 is 4.79 Å². The fourth-order valence-corrected chi connectivity index (χ4v) is 3.03. The van der Waals surface area contributed by atoms with E-state index < -0.39 is 0 Å². The molecule has 2 aromatic carbocycles. The largest absolute Gasteiger partial charge is 0.325 e. The third kappa shape index (κ3) is 4.24. The van der Waals surface area contributed by atoms with E-state index in [0.717, 1.165) is 16.9 Å². The number of carbonyl (C=O) groups excluding carboxylic acids is 1. The molecule has 0 atom stereocenters. The molecule has 25 heavy (non-hydrogen) atoms. The van der Waals surface area contributed by atoms with Gasteiger partial charge in [-0.2, -0.15) is 4.68 Å². The van der Waals surface area contributed by atoms with E-state index in [2.05, 4.69) is 27.8 Å². The monoisotopic (exact) mass is 353 g/mol. The lowest BCUT2D eigenvalue weighted by molar-refractivity contribution is -0.113. The van der Waals surface area contributed by atoms with Crippen LogP contribution in [-0.2, 0) is 4.79 Å². The zero-order chi connectivity index (χ0) is 17.8. The molecule has 0 aliphatic heterocycles. The predicted octanol–water partition coefficient (Wildman–Crippen LogP) is 3.32. The molecule has 3 aromatic rings. The summed E-state index contributed by atoms with van der Waals surface area (Å²) in [6.45, 7) is 6.09. The van der Waals surface area contributed by atoms with Crippen LogP contribution in [0.4, 0.5) is 5.69 Å². The number of anilines is 1. The van der Waals surface area contributed by atoms with Crippen molar-refractivity contribution in [3.8, 4) is 5.69 Å². The van der Waals surface area contributed by atoms with Crippen molar-refractivity contribution in [3.63, 3.8) is 0 Å². The number of amides is 1. The second kappa shape index (κ2) is 7.48. The van der Waals surface area contributed by atoms with Crippen molar-refractivity contribution in [2.24, 2.45) is 0 Å². The highest BCUT2D eigenvalue weighted by atomic mass is 32.2. The SMILES string of the molecule is Cc1cccc(NC(=O)CSc2nnnn2-c2ccc(C)c(C)c2)c1. The minimum absolute atomic E-state index is 0.0924. The molecular formula is C18H19N5OS. The Bertz CT molecular complexity index is 906. The van der Waals surface area contributed by atoms with Crippen LogP contribution in [0.3, 0.4) is 0 Å². The zero-order valence-electron chi connectivity index (χ0n) is 14.4. The van der Waals surface area contributed by atoms with Gasteiger partial charge in [0, 0.05) is 5.69 Å². The quantitative estimate of drug-likeness (QED) is 0.713. The van der Waals surface area contributed by atoms with E-state index in [0.29, 0.717) is 5.16 Å². The second-order valence-corrected chi connectivity index (χ2v) is 6.79. The number of nitrogens with zero attached hydrogens (tertiary/aromatic N) is 4. The van der Waals surface area contributed by atoms with Crippen LogP contribution in [-0.4, -0.2) is 31.9 Å². The normalized spacial score (nSPS) is 10.7. The first-order valence-corrected chi connectivity index (χ1v) is 8.87. The molecule has 1 N–H and O–H groups in total. The van der Waals surface area contributed by atoms with E-state index in [1.54, 1.807) is 4.68 Å². The summed E-state index contributed by atoms with van der Waals surface area (Å²) < 4.78 is 1.65. The summed E-state index contributed by atoms with van der Waals surface area (Å²) in [6.07, 6.45) is 0. The van der Waals surface area contributed by atoms with Crippen molar-refractivity contribution in [3.05, 3.63) is 59.2 Å². The summed E-state index contributed by atoms with van der Waals surface area (Å²) in [5.41, 5.74) is 5.16. The lowest BCUT2D eigenvalue weighted by atomic mass is 10.1. The molecule has 0 aliphatic rings. The molecule has 0 fully saturated rings. The maximum atomic E-state index is 12.2. The molecule has 7 heteroatoms. The summed E-state index contributed by atoms with van der Waals surface area (Å²) in [7, 11) is 0. The number of benzene rings is 2. The Kier molecular flexibility index (Phi) is 5.14. The molecule has 3 rings (SSSR count). The van der Waals surface area contributed by atoms with E-state index in [4.69, 9.17) is 0 Å². The summed E-state index contributed by atoms with van der Waals surface area (Å²) in [4.78, 5) is 12.2. The molecule has 1 amide bonds. The van der Waals surface area contributed by atoms with Gasteiger partial charge in [-0.15, -0.1) is 5.10 Å². The Morgan fingerprint density at radius 3 is 2.72 bits per heavy atom. The van der Waals surface area contributed by atoms with Gasteiger partial charge in [0.2, 0.25) is 11.1 Å². The number of aryl methyl sites for hydroxylation is 3. The highest BCUT2D eigenvalue weighted by Crippen LogP contribution is 2.20. The van der Waals surface area contributed by atoms with Gasteiger partial charge in [-0.05, 0) is 72.2 Å². The average molecular weight is 353 g/mol. The van der Waals surface area contributed by atoms with Crippen molar-refractivity contribution in [1.29, 1.82) is 0 Å². The van der Waals surface area contributed by atoms with Gasteiger partial charge in [0.05, 0.1) is 11.4 Å². The van der Waals surface area contributed by atoms with Crippen molar-refractivity contribution >= 4 is 23.4 Å². The van der Waals surface area contributed by atoms with Gasteiger partial charge < -0.3 is 5.32 Å². The smallest absolute Gasteiger partial charge is 0.234 e. The molecular weight excluding hydrogens is 334 g/mol. The zero-order valence-corrected chi connectivity index (χ0v) is 15.2. The fraction of sp³-hybridized carbons (Fsp3) is 0.222. The van der Waals surface area contributed by atoms with Crippen molar-refractivity contribution in [2.45, 2.75) is 25.9 Å². The number of carbonyl (C=O) groups is 1. The topological polar surface area (TPSA) is 72.7 Å². The molecule has 1 aromatic heterocycles. The average Bonchev–Trinajstić information content (AvgIpc) is 3.04. The molecule has 128 valence electrons. The maximum absolute atomic E-state index is 12.2. The molecule has 0 unspecified atom stereocenters. The van der Waals surface area contributed by atoms with Crippen LogP contribution in [0.15, 0.2) is 47.6 Å². The van der Waals surface area contributed by atoms with Crippen molar-refractivity contribution in [2.75, 3.05) is 11.1 Å². The minimum atomic E-state index is -0.0924. The number of hydrogen-bond acceptors (Lipinski definition) is 5. The Hall–Kier alpha value is -2.67. The summed E-state index contributed by atoms with van der Waals surface area (Å²) in [5.74, 6) is 0.143. The van der Waals surface area contributed by atoms with Crippen LogP contribution < -0.4 is 5.32 Å². The molecule has 0 radical (unpaired) electrons. The molecule has 0 saturated carbocycles. The summed E-state index contributed by atoms with van der Waals surface area (Å²) in [5, 5.41) is 15.3. The first kappa shape index (κ1) is 17.2. The van der Waals surface area contributed by atoms with E-state index in [-0.39, 0.29) is 11.7 Å². The molecule has 0 aliphatic carbocycles. The third-order valence-electron chi connectivity index (χ3n) is 3.81. The van der Waals surface area contributed by atoms with Gasteiger partial charge in [0.15, 0.2) is 0 Å². The number of thioether (sulfide) groups is 1. The van der Waals surface area contributed by atoms with E-state index in [9.17, 15) is 4.79 Å². The number of hydrogen-bond donors (Lipinski definition) is 1. The molecule has 6 nitrogen and oxygen atoms in total. The van der Waals surface area contributed by atoms with Gasteiger partial charge in [-0.25, -0.2) is 0 Å². The van der Waals surface area contributed by atoms with Gasteiger partial charge >= 0.3 is 0 Å². The van der Waals surface area contributed by atoms with Crippen LogP contribution in [0.5, 0.6) is 0 Å². The summed E-state index contributed by atoms with van der Waals surface area (Å²) >= 11 is 1.30. The highest BCUT2D eigenvalue weighted by molar-refractivity contribution is 7.99. The first-order valence-electron chi connectivity index (χ1n) is 7.88. The minimum Gasteiger partial charge on any atom is -0.325 e. The fourth-order valence-electron chi connectivity index (χ4n) is 2.34. The number of tetrazole rings is 1. The first-order chi connectivity index (χ1) is 12.0. The third-order valence-corrected chi connectivity index (χ3v) is 4.73. The number of nitrogens with one attached hydrogen (secondary N) is 1. The Morgan fingerprint density at radius 2 is 1.96 bits per heavy atom. The lowest BCUT2D eigenvalue weighted by Gasteiger charge is -2.08. The Morgan fingerprint density at radius 1 is 1.12 bits per heavy atom. The lowest BCUT2D eigenvalue weighted by Crippen LogP contribution is -2.14. The van der Waals surface area contributed by atoms with Crippen LogP contribution in [0.2, 0.25) is 0 Å². The molecule has 1 heterocycles. The van der Waals surface area contributed by atoms with Gasteiger partial charge in [-0.1, -0.05) is 30.0 Å². The van der Waals surface area contributed by atoms with Gasteiger partial charge in [0.25, 0.3) is 0 Å². The van der Waals surface area contributed by atoms with Crippen LogP contribution in [0, 0.1) is 20.8 Å². The number of rotatable bonds is 5. The van der Waals surface area contributed by atoms with E-state index in [1.165, 1.54) is 22.9 Å². The maximum Gasteiger partial charge on any atom is 0.234 e. The van der Waals surface area contributed by atoms with Gasteiger partial charge in [0.1, 0.15) is 0 Å². The van der Waals surface area contributed by atoms with E-state index in [1.807, 2.05) is 56.3 Å². The molecule has 0 saturated heterocycles. The van der Waals surface area contributed by atoms with Gasteiger partial charge in [-0.3, -0.25) is 4.79 Å². The second-order valence-electron chi connectivity index (χ2n) is 5.85. The van der Waals surface area contributed by atoms with Crippen LogP contribution in [0.25, 0.3) is 5.69 Å². The van der Waals surface area contributed by atoms with Crippen LogP contribution >= 0.6 is 11.8 Å². The van der Waals surface area contributed by atoms with Crippen LogP contribution in [0.1, 0.15) is 16.7 Å².